The molecule has 0 saturated carbocycles. The second-order valence-corrected chi connectivity index (χ2v) is 12.1. The van der Waals surface area contributed by atoms with Crippen LogP contribution in [0.5, 0.6) is 17.5 Å². The summed E-state index contributed by atoms with van der Waals surface area (Å²) < 4.78 is 15.7. The van der Waals surface area contributed by atoms with Gasteiger partial charge in [0.25, 0.3) is 11.8 Å². The van der Waals surface area contributed by atoms with Crippen molar-refractivity contribution >= 4 is 45.8 Å². The Morgan fingerprint density at radius 2 is 1.23 bits per heavy atom. The molecule has 1 aliphatic heterocycles. The van der Waals surface area contributed by atoms with Gasteiger partial charge in [-0.25, -0.2) is 29.5 Å². The number of anilines is 2. The summed E-state index contributed by atoms with van der Waals surface area (Å²) in [6.45, 7) is 6.41. The minimum atomic E-state index is -0.658. The Labute approximate surface area is 301 Å². The van der Waals surface area contributed by atoms with Crippen LogP contribution in [0.25, 0.3) is 22.1 Å². The lowest BCUT2D eigenvalue weighted by Gasteiger charge is -2.37. The average Bonchev–Trinajstić information content (AvgIpc) is 3.18. The van der Waals surface area contributed by atoms with Gasteiger partial charge in [0.15, 0.2) is 11.6 Å². The quantitative estimate of drug-likeness (QED) is 0.156. The van der Waals surface area contributed by atoms with Gasteiger partial charge in [0, 0.05) is 19.6 Å². The number of hydrogen-bond acceptors (Lipinski definition) is 10. The second kappa shape index (κ2) is 16.6. The van der Waals surface area contributed by atoms with Crippen LogP contribution < -0.4 is 30.2 Å². The number of methoxy groups -OCH3 is 2. The third kappa shape index (κ3) is 8.33. The van der Waals surface area contributed by atoms with E-state index in [1.807, 2.05) is 59.5 Å². The molecule has 2 aromatic heterocycles. The van der Waals surface area contributed by atoms with Gasteiger partial charge in [-0.1, -0.05) is 80.6 Å². The molecule has 1 aliphatic rings. The molecule has 1 atom stereocenters. The third-order valence-corrected chi connectivity index (χ3v) is 8.34. The van der Waals surface area contributed by atoms with Gasteiger partial charge in [-0.15, -0.1) is 0 Å². The molecule has 3 amide bonds. The Kier molecular flexibility index (Phi) is 11.3. The summed E-state index contributed by atoms with van der Waals surface area (Å²) in [4.78, 5) is 44.8. The molecule has 0 bridgehead atoms. The highest BCUT2D eigenvalue weighted by Crippen LogP contribution is 2.31. The number of amides is 3. The van der Waals surface area contributed by atoms with Crippen LogP contribution in [-0.2, 0) is 0 Å². The number of carbonyl (C=O) groups excluding carboxylic acids is 2. The van der Waals surface area contributed by atoms with Crippen LogP contribution in [0.2, 0.25) is 0 Å². The van der Waals surface area contributed by atoms with Gasteiger partial charge in [0.05, 0.1) is 42.3 Å². The first-order valence-corrected chi connectivity index (χ1v) is 16.9. The number of ether oxygens (including phenoxy) is 3. The van der Waals surface area contributed by atoms with E-state index in [4.69, 9.17) is 14.2 Å². The van der Waals surface area contributed by atoms with E-state index in [1.54, 1.807) is 30.3 Å². The molecule has 3 N–H and O–H groups in total. The van der Waals surface area contributed by atoms with Crippen molar-refractivity contribution in [2.24, 2.45) is 0 Å². The number of para-hydroxylation sites is 5. The smallest absolute Gasteiger partial charge is 0.418 e. The first-order valence-electron chi connectivity index (χ1n) is 16.9. The van der Waals surface area contributed by atoms with E-state index >= 15 is 0 Å². The summed E-state index contributed by atoms with van der Waals surface area (Å²) in [6.07, 6.45) is -0.658. The fourth-order valence-corrected chi connectivity index (χ4v) is 5.87. The lowest BCUT2D eigenvalue weighted by molar-refractivity contribution is 0.170. The zero-order chi connectivity index (χ0) is 36.5. The molecule has 1 fully saturated rings. The van der Waals surface area contributed by atoms with Gasteiger partial charge in [-0.2, -0.15) is 0 Å². The zero-order valence-electron chi connectivity index (χ0n) is 29.4. The standard InChI is InChI=1S/C23H27N5O2.C16H13N3O3/c1-15(2)16-8-4-5-9-17(16)20-14-24-12-13-28(20)23(29)27-21-22(30-3)26-19-11-7-6-10-18(19)25-21;1-21-15-14(17-12-9-5-6-10-13(12)18-15)19-16(20)22-11-7-3-2-4-8-11/h4-11,15,20,24H,12-14H2,1-3H3,(H,25,27,29);2-10H,1H3,(H,17,19,20). The van der Waals surface area contributed by atoms with Crippen LogP contribution in [0.4, 0.5) is 21.2 Å². The van der Waals surface area contributed by atoms with E-state index in [0.29, 0.717) is 53.0 Å². The molecule has 4 aromatic carbocycles. The zero-order valence-corrected chi connectivity index (χ0v) is 29.4. The summed E-state index contributed by atoms with van der Waals surface area (Å²) in [5, 5.41) is 8.90. The molecule has 7 rings (SSSR count). The number of nitrogens with zero attached hydrogens (tertiary/aromatic N) is 5. The SMILES string of the molecule is COc1nc2ccccc2nc1NC(=O)N1CCNCC1c1ccccc1C(C)C.COc1nc2ccccc2nc1NC(=O)Oc1ccccc1. The van der Waals surface area contributed by atoms with E-state index in [0.717, 1.165) is 12.1 Å². The van der Waals surface area contributed by atoms with Crippen molar-refractivity contribution in [3.8, 4) is 17.5 Å². The maximum atomic E-state index is 13.3. The number of nitrogens with one attached hydrogen (secondary N) is 3. The van der Waals surface area contributed by atoms with Crippen molar-refractivity contribution in [3.63, 3.8) is 0 Å². The molecule has 52 heavy (non-hydrogen) atoms. The van der Waals surface area contributed by atoms with E-state index in [9.17, 15) is 9.59 Å². The maximum Gasteiger partial charge on any atom is 0.418 e. The predicted octanol–water partition coefficient (Wildman–Crippen LogP) is 7.19. The van der Waals surface area contributed by atoms with Crippen LogP contribution in [0.1, 0.15) is 36.9 Å². The minimum Gasteiger partial charge on any atom is -0.478 e. The number of carbonyl (C=O) groups is 2. The average molecular weight is 701 g/mol. The number of benzene rings is 4. The van der Waals surface area contributed by atoms with Crippen molar-refractivity contribution in [2.75, 3.05) is 44.5 Å². The molecule has 3 heterocycles. The topological polar surface area (TPSA) is 153 Å². The number of urea groups is 1. The number of fused-ring (bicyclic) bond motifs is 2. The highest BCUT2D eigenvalue weighted by Gasteiger charge is 2.30. The molecule has 0 spiro atoms. The van der Waals surface area contributed by atoms with Crippen LogP contribution in [0.3, 0.4) is 0 Å². The molecule has 6 aromatic rings. The Bertz CT molecular complexity index is 2160. The Morgan fingerprint density at radius 1 is 0.712 bits per heavy atom. The first-order chi connectivity index (χ1) is 25.3. The summed E-state index contributed by atoms with van der Waals surface area (Å²) in [5.74, 6) is 1.88. The predicted molar refractivity (Wildman–Crippen MR) is 200 cm³/mol. The largest absolute Gasteiger partial charge is 0.478 e. The van der Waals surface area contributed by atoms with E-state index in [2.05, 4.69) is 67.9 Å². The van der Waals surface area contributed by atoms with Gasteiger partial charge in [-0.05, 0) is 53.4 Å². The normalized spacial score (nSPS) is 13.9. The first kappa shape index (κ1) is 35.5. The van der Waals surface area contributed by atoms with Crippen LogP contribution >= 0.6 is 0 Å². The van der Waals surface area contributed by atoms with Crippen molar-refractivity contribution in [2.45, 2.75) is 25.8 Å². The molecule has 0 radical (unpaired) electrons. The molecule has 0 aliphatic carbocycles. The minimum absolute atomic E-state index is 0.0586. The second-order valence-electron chi connectivity index (χ2n) is 12.1. The summed E-state index contributed by atoms with van der Waals surface area (Å²) in [5.41, 5.74) is 5.19. The van der Waals surface area contributed by atoms with Crippen LogP contribution in [0.15, 0.2) is 103 Å². The summed E-state index contributed by atoms with van der Waals surface area (Å²) >= 11 is 0. The molecule has 1 saturated heterocycles. The highest BCUT2D eigenvalue weighted by molar-refractivity contribution is 5.91. The van der Waals surface area contributed by atoms with Crippen LogP contribution in [-0.4, -0.2) is 70.8 Å². The summed E-state index contributed by atoms with van der Waals surface area (Å²) in [7, 11) is 2.99. The van der Waals surface area contributed by atoms with E-state index < -0.39 is 6.09 Å². The van der Waals surface area contributed by atoms with Crippen molar-refractivity contribution < 1.29 is 23.8 Å². The van der Waals surface area contributed by atoms with Crippen molar-refractivity contribution in [1.82, 2.24) is 30.2 Å². The number of piperazine rings is 1. The Morgan fingerprint density at radius 3 is 1.81 bits per heavy atom. The van der Waals surface area contributed by atoms with Crippen molar-refractivity contribution in [1.29, 1.82) is 0 Å². The van der Waals surface area contributed by atoms with Gasteiger partial charge in [0.1, 0.15) is 5.75 Å². The summed E-state index contributed by atoms with van der Waals surface area (Å²) in [6, 6.07) is 31.7. The Hall–Kier alpha value is -6.34. The molecular formula is C39H40N8O5. The highest BCUT2D eigenvalue weighted by atomic mass is 16.6. The van der Waals surface area contributed by atoms with Gasteiger partial charge < -0.3 is 24.4 Å². The lowest BCUT2D eigenvalue weighted by Crippen LogP contribution is -2.50. The van der Waals surface area contributed by atoms with Gasteiger partial charge >= 0.3 is 12.1 Å². The van der Waals surface area contributed by atoms with E-state index in [1.165, 1.54) is 25.3 Å². The number of hydrogen-bond donors (Lipinski definition) is 3. The van der Waals surface area contributed by atoms with Gasteiger partial charge in [0.2, 0.25) is 0 Å². The maximum absolute atomic E-state index is 13.3. The van der Waals surface area contributed by atoms with Crippen LogP contribution in [0, 0.1) is 0 Å². The molecule has 1 unspecified atom stereocenters. The Balaban J connectivity index is 0.000000187. The van der Waals surface area contributed by atoms with E-state index in [-0.39, 0.29) is 23.8 Å². The molecule has 13 heteroatoms. The fraction of sp³-hybridized carbons (Fsp3) is 0.231. The number of aromatic nitrogens is 4. The molecular weight excluding hydrogens is 660 g/mol. The third-order valence-electron chi connectivity index (χ3n) is 8.34. The number of rotatable bonds is 7. The molecule has 13 nitrogen and oxygen atoms in total. The molecule has 266 valence electrons. The lowest BCUT2D eigenvalue weighted by atomic mass is 9.91. The fourth-order valence-electron chi connectivity index (χ4n) is 5.87. The van der Waals surface area contributed by atoms with Gasteiger partial charge in [-0.3, -0.25) is 10.6 Å². The monoisotopic (exact) mass is 700 g/mol. The van der Waals surface area contributed by atoms with Crippen molar-refractivity contribution in [3.05, 3.63) is 114 Å².